The monoisotopic (exact) mass is 1710 g/mol. The largest absolute Gasteiger partial charge is 0.476 e. The topological polar surface area (TPSA) is 357 Å². The molecule has 4 saturated carbocycles. The maximum Gasteiger partial charge on any atom is 0.360 e. The van der Waals surface area contributed by atoms with E-state index in [9.17, 15) is 23.2 Å². The number of pyridine rings is 5. The van der Waals surface area contributed by atoms with Crippen molar-refractivity contribution in [3.63, 3.8) is 0 Å². The molecule has 0 unspecified atom stereocenters. The van der Waals surface area contributed by atoms with Crippen LogP contribution in [0.1, 0.15) is 179 Å². The molecule has 1 amide bonds. The lowest BCUT2D eigenvalue weighted by Crippen LogP contribution is -2.35. The van der Waals surface area contributed by atoms with Crippen LogP contribution in [-0.2, 0) is 37.5 Å². The molecule has 606 valence electrons. The molecule has 15 aromatic heterocycles. The smallest absolute Gasteiger partial charge is 0.360 e. The van der Waals surface area contributed by atoms with E-state index in [2.05, 4.69) is 138 Å². The van der Waals surface area contributed by atoms with Gasteiger partial charge in [-0.15, -0.1) is 27.7 Å². The Morgan fingerprint density at radius 2 is 1.10 bits per heavy atom. The number of halogens is 6. The number of aromatic carboxylic acids is 1. The number of amides is 1. The summed E-state index contributed by atoms with van der Waals surface area (Å²) in [7, 11) is 2.10. The number of allylic oxidation sites excluding steroid dienone is 1. The van der Waals surface area contributed by atoms with Crippen molar-refractivity contribution in [2.75, 3.05) is 20.2 Å². The van der Waals surface area contributed by atoms with Crippen molar-refractivity contribution in [1.29, 1.82) is 0 Å². The van der Waals surface area contributed by atoms with Crippen molar-refractivity contribution in [2.45, 2.75) is 141 Å². The third-order valence-electron chi connectivity index (χ3n) is 20.2. The van der Waals surface area contributed by atoms with Crippen LogP contribution in [0.2, 0.25) is 10.0 Å². The van der Waals surface area contributed by atoms with Crippen LogP contribution >= 0.6 is 51.5 Å². The summed E-state index contributed by atoms with van der Waals surface area (Å²) in [6.45, 7) is 6.59. The molecule has 5 aliphatic rings. The minimum Gasteiger partial charge on any atom is -0.476 e. The van der Waals surface area contributed by atoms with Crippen molar-refractivity contribution in [3.05, 3.63) is 249 Å². The number of nitrogens with one attached hydrogen (secondary N) is 2. The summed E-state index contributed by atoms with van der Waals surface area (Å²) < 4.78 is 51.2. The molecule has 32 nitrogen and oxygen atoms in total. The molecule has 4 fully saturated rings. The third kappa shape index (κ3) is 19.5. The molecule has 16 heterocycles. The van der Waals surface area contributed by atoms with Gasteiger partial charge in [-0.1, -0.05) is 71.1 Å². The zero-order valence-corrected chi connectivity index (χ0v) is 67.8. The Bertz CT molecular complexity index is 6030. The third-order valence-corrected chi connectivity index (χ3v) is 21.4. The fourth-order valence-electron chi connectivity index (χ4n) is 14.0. The predicted molar refractivity (Wildman–Crippen MR) is 438 cm³/mol. The first-order valence-electron chi connectivity index (χ1n) is 38.2. The van der Waals surface area contributed by atoms with E-state index in [0.29, 0.717) is 60.9 Å². The zero-order valence-electron chi connectivity index (χ0n) is 63.9. The van der Waals surface area contributed by atoms with Gasteiger partial charge in [-0.05, 0) is 170 Å². The summed E-state index contributed by atoms with van der Waals surface area (Å²) in [5.74, 6) is -0.256. The highest BCUT2D eigenvalue weighted by Gasteiger charge is 2.29. The van der Waals surface area contributed by atoms with E-state index in [4.69, 9.17) is 48.7 Å². The van der Waals surface area contributed by atoms with Gasteiger partial charge in [0.2, 0.25) is 0 Å². The van der Waals surface area contributed by atoms with Crippen molar-refractivity contribution in [3.8, 4) is 11.4 Å². The van der Waals surface area contributed by atoms with Crippen molar-refractivity contribution in [2.24, 2.45) is 16.6 Å². The van der Waals surface area contributed by atoms with Gasteiger partial charge in [0.1, 0.15) is 22.4 Å². The van der Waals surface area contributed by atoms with Gasteiger partial charge in [0.25, 0.3) is 5.91 Å². The molecular weight excluding hydrogens is 1630 g/mol. The van der Waals surface area contributed by atoms with Gasteiger partial charge < -0.3 is 48.2 Å². The molecule has 0 bridgehead atoms. The fourth-order valence-corrected chi connectivity index (χ4v) is 14.8. The van der Waals surface area contributed by atoms with E-state index in [1.165, 1.54) is 127 Å². The van der Waals surface area contributed by atoms with E-state index < -0.39 is 29.5 Å². The highest BCUT2D eigenvalue weighted by atomic mass is 79.9. The molecule has 117 heavy (non-hydrogen) atoms. The number of carbonyl (C=O) groups excluding carboxylic acids is 2. The standard InChI is InChI=1S/C25H20ClFN10O.C17H15N7O2.C16H16BrN5O2.C9H19N.C8H7ClFN3.C4H5N.ClH/c26-18-4-7-34-14-29-19(23(34)22(18)27)9-28-25(38)20-13-36(33-32-20)12-17-11-35-10-16(15-2-3-15)8-21(24(35)31-17)37-6-1-5-30-37;25-17(26)14-10-23(21-20-14)9-13-8-22-7-12(11-2-3-11)6-15(16(22)19-13)24-5-1-4-18-24;1-2-24-16(23)14-9-22(20-19-14)8-12-7-21-6-11(10-3-4-10)5-13(17)15(21)18-12;1-3-8-6-4-5-7-9(8)10-2;9-5-1-2-13-4-12-6(3-11)8(13)7(5)10;1-2-4-5-3-1;/h1,4-8,10-11,13-15H,2-3,9,12H2,(H,28,38);1,4-8,10-11H,2-3,9H2,(H,25,26);5-7,9-10H,2-4,8H2,1H3;8-10H,3-7H2,1-2H3;1-2,4H,3,11H2;1-3H,4H2;1H/t;;;8-,9-;;;/m...1.../s1. The lowest BCUT2D eigenvalue weighted by atomic mass is 9.83. The first kappa shape index (κ1) is 81.8. The number of nitrogens with two attached hydrogens (primary N) is 1. The summed E-state index contributed by atoms with van der Waals surface area (Å²) in [6.07, 6.45) is 50.5. The zero-order chi connectivity index (χ0) is 80.5. The van der Waals surface area contributed by atoms with Gasteiger partial charge in [0, 0.05) is 93.2 Å². The maximum atomic E-state index is 14.5. The Kier molecular flexibility index (Phi) is 25.9. The number of rotatable bonds is 20. The average molecular weight is 1710 g/mol. The molecule has 2 atom stereocenters. The summed E-state index contributed by atoms with van der Waals surface area (Å²) in [5, 5.41) is 47.3. The van der Waals surface area contributed by atoms with Crippen LogP contribution in [0.15, 0.2) is 170 Å². The number of ether oxygens (including phenoxy) is 1. The Hall–Kier alpha value is -11.8. The number of fused-ring (bicyclic) bond motifs is 5. The molecule has 1 aliphatic heterocycles. The molecule has 0 radical (unpaired) electrons. The van der Waals surface area contributed by atoms with Crippen LogP contribution in [0, 0.1) is 17.6 Å². The average Bonchev–Trinajstić information content (AvgIpc) is 1.62. The highest BCUT2D eigenvalue weighted by Crippen LogP contribution is 2.43. The Morgan fingerprint density at radius 1 is 0.615 bits per heavy atom. The number of imidazole rings is 5. The van der Waals surface area contributed by atoms with Gasteiger partial charge in [-0.2, -0.15) is 10.2 Å². The Morgan fingerprint density at radius 3 is 1.56 bits per heavy atom. The predicted octanol–water partition coefficient (Wildman–Crippen LogP) is 12.7. The summed E-state index contributed by atoms with van der Waals surface area (Å²) in [6, 6.07) is 14.0. The van der Waals surface area contributed by atoms with Gasteiger partial charge in [0.15, 0.2) is 45.7 Å². The van der Waals surface area contributed by atoms with Gasteiger partial charge >= 0.3 is 11.9 Å². The number of carboxylic acid groups (broad SMARTS) is 1. The molecule has 38 heteroatoms. The maximum absolute atomic E-state index is 14.5. The van der Waals surface area contributed by atoms with Crippen molar-refractivity contribution >= 4 is 104 Å². The van der Waals surface area contributed by atoms with Crippen molar-refractivity contribution in [1.82, 2.24) is 122 Å². The molecule has 5 N–H and O–H groups in total. The Balaban J connectivity index is 0.000000126. The second-order valence-electron chi connectivity index (χ2n) is 28.5. The summed E-state index contributed by atoms with van der Waals surface area (Å²) in [4.78, 5) is 61.4. The molecule has 0 spiro atoms. The van der Waals surface area contributed by atoms with Crippen LogP contribution in [0.25, 0.3) is 39.3 Å². The molecule has 15 aromatic rings. The fraction of sp³-hybridized carbons (Fsp3) is 0.329. The number of nitrogens with zero attached hydrogens (tertiary/aromatic N) is 24. The first-order valence-corrected chi connectivity index (χ1v) is 39.7. The van der Waals surface area contributed by atoms with Crippen LogP contribution in [-0.4, -0.2) is 167 Å². The number of esters is 1. The quantitative estimate of drug-likeness (QED) is 0.0515. The van der Waals surface area contributed by atoms with Gasteiger partial charge in [-0.3, -0.25) is 9.79 Å². The van der Waals surface area contributed by atoms with E-state index in [-0.39, 0.29) is 58.1 Å². The van der Waals surface area contributed by atoms with E-state index in [1.54, 1.807) is 64.1 Å². The minimum atomic E-state index is -1.10. The number of hydrogen-bond donors (Lipinski definition) is 4. The SMILES string of the molecule is C1=CCN=C1.CCOC(=O)c1cn(Cc2cn3cc(C4CC4)cc(Br)c3n2)nn1.CC[C@@H]1CCCC[C@H]1NC.Cl.NCc1ncn2ccc(Cl)c(F)c12.O=C(NCc1ncn2ccc(Cl)c(F)c12)c1cn(Cc2cn3cc(C4CC4)cc(-n4cccn4)c3n2)nn1.O=C(O)c1cn(Cc2cn3cc(C4CC4)cc(-n4cccn4)c3n2)nn1. The molecule has 20 rings (SSSR count). The second kappa shape index (κ2) is 37.0. The number of aliphatic imine (C=N–C) groups is 1. The number of aromatic nitrogens is 23. The van der Waals surface area contributed by atoms with Crippen molar-refractivity contribution < 1.29 is 33.0 Å². The summed E-state index contributed by atoms with van der Waals surface area (Å²) in [5.41, 5.74) is 17.6. The second-order valence-corrected chi connectivity index (χ2v) is 30.2. The van der Waals surface area contributed by atoms with Gasteiger partial charge in [-0.25, -0.2) is 66.7 Å². The molecule has 4 aliphatic carbocycles. The van der Waals surface area contributed by atoms with Gasteiger partial charge in [0.05, 0.1) is 114 Å². The molecule has 0 saturated heterocycles. The number of hydrogen-bond acceptors (Lipinski definition) is 20. The van der Waals surface area contributed by atoms with Crippen LogP contribution in [0.4, 0.5) is 8.78 Å². The molecule has 0 aromatic carbocycles. The highest BCUT2D eigenvalue weighted by molar-refractivity contribution is 9.10. The Labute approximate surface area is 692 Å². The normalized spacial score (nSPS) is 15.4. The molecular formula is C79H83BrCl3F2N27O5. The number of carbonyl (C=O) groups is 3. The lowest BCUT2D eigenvalue weighted by molar-refractivity contribution is 0.0518. The summed E-state index contributed by atoms with van der Waals surface area (Å²) >= 11 is 15.1. The van der Waals surface area contributed by atoms with Crippen LogP contribution < -0.4 is 16.4 Å². The van der Waals surface area contributed by atoms with Crippen LogP contribution in [0.5, 0.6) is 0 Å². The van der Waals surface area contributed by atoms with E-state index in [1.807, 2.05) is 77.8 Å². The number of carboxylic acids is 1. The van der Waals surface area contributed by atoms with E-state index in [0.717, 1.165) is 68.4 Å². The van der Waals surface area contributed by atoms with Crippen LogP contribution in [0.3, 0.4) is 0 Å². The lowest BCUT2D eigenvalue weighted by Gasteiger charge is -2.30. The minimum absolute atomic E-state index is 0. The first-order chi connectivity index (χ1) is 56.5. The van der Waals surface area contributed by atoms with E-state index >= 15 is 0 Å².